The molecule has 0 saturated carbocycles. The van der Waals surface area contributed by atoms with Gasteiger partial charge in [0.15, 0.2) is 5.82 Å². The minimum absolute atomic E-state index is 0.172. The molecule has 0 bridgehead atoms. The van der Waals surface area contributed by atoms with Crippen LogP contribution in [0.5, 0.6) is 0 Å². The van der Waals surface area contributed by atoms with E-state index in [9.17, 15) is 4.39 Å². The summed E-state index contributed by atoms with van der Waals surface area (Å²) in [6.07, 6.45) is 1.39. The molecule has 0 aliphatic rings. The molecule has 0 N–H and O–H groups in total. The minimum atomic E-state index is -0.326. The van der Waals surface area contributed by atoms with Crippen molar-refractivity contribution in [1.29, 1.82) is 0 Å². The molecule has 2 heterocycles. The van der Waals surface area contributed by atoms with Crippen molar-refractivity contribution in [2.24, 2.45) is 10.2 Å². The number of aromatic nitrogens is 2. The van der Waals surface area contributed by atoms with Gasteiger partial charge in [-0.25, -0.2) is 9.37 Å². The lowest BCUT2D eigenvalue weighted by Gasteiger charge is -2.03. The summed E-state index contributed by atoms with van der Waals surface area (Å²) in [4.78, 5) is 4.55. The highest BCUT2D eigenvalue weighted by atomic mass is 19.1. The van der Waals surface area contributed by atoms with E-state index in [-0.39, 0.29) is 11.7 Å². The highest BCUT2D eigenvalue weighted by molar-refractivity contribution is 5.54. The van der Waals surface area contributed by atoms with Gasteiger partial charge < -0.3 is 0 Å². The maximum absolute atomic E-state index is 13.6. The number of azo groups is 1. The molecule has 118 valence electrons. The maximum Gasteiger partial charge on any atom is 0.183 e. The maximum atomic E-state index is 13.6. The molecule has 23 heavy (non-hydrogen) atoms. The van der Waals surface area contributed by atoms with E-state index in [2.05, 4.69) is 15.2 Å². The second-order valence-electron chi connectivity index (χ2n) is 6.04. The Bertz CT molecular complexity index is 893. The smallest absolute Gasteiger partial charge is 0.183 e. The summed E-state index contributed by atoms with van der Waals surface area (Å²) in [6.45, 7) is 8.08. The summed E-state index contributed by atoms with van der Waals surface area (Å²) in [7, 11) is 0. The summed E-state index contributed by atoms with van der Waals surface area (Å²) in [5.41, 5.74) is 4.46. The number of benzene rings is 1. The van der Waals surface area contributed by atoms with E-state index in [1.165, 1.54) is 12.3 Å². The molecule has 0 radical (unpaired) electrons. The molecule has 0 amide bonds. The zero-order valence-electron chi connectivity index (χ0n) is 13.7. The van der Waals surface area contributed by atoms with Crippen LogP contribution < -0.4 is 0 Å². The molecule has 0 aliphatic carbocycles. The lowest BCUT2D eigenvalue weighted by Crippen LogP contribution is -1.88. The van der Waals surface area contributed by atoms with Gasteiger partial charge in [-0.3, -0.25) is 4.40 Å². The predicted molar refractivity (Wildman–Crippen MR) is 89.3 cm³/mol. The molecular formula is C18H19FN4. The quantitative estimate of drug-likeness (QED) is 0.578. The van der Waals surface area contributed by atoms with Gasteiger partial charge in [0.1, 0.15) is 11.5 Å². The van der Waals surface area contributed by atoms with E-state index in [4.69, 9.17) is 0 Å². The third-order valence-electron chi connectivity index (χ3n) is 3.75. The molecule has 0 fully saturated rings. The molecule has 0 saturated heterocycles. The summed E-state index contributed by atoms with van der Waals surface area (Å²) in [5, 5.41) is 8.76. The van der Waals surface area contributed by atoms with Gasteiger partial charge in [-0.1, -0.05) is 26.0 Å². The molecular weight excluding hydrogens is 291 g/mol. The third kappa shape index (κ3) is 2.99. The molecule has 5 heteroatoms. The van der Waals surface area contributed by atoms with E-state index in [0.29, 0.717) is 11.5 Å². The van der Waals surface area contributed by atoms with Crippen LogP contribution >= 0.6 is 0 Å². The Morgan fingerprint density at radius 2 is 1.87 bits per heavy atom. The second kappa shape index (κ2) is 5.91. The van der Waals surface area contributed by atoms with E-state index in [1.807, 2.05) is 45.9 Å². The molecule has 0 aliphatic heterocycles. The Hall–Kier alpha value is -2.56. The average molecular weight is 310 g/mol. The first kappa shape index (κ1) is 15.3. The third-order valence-corrected chi connectivity index (χ3v) is 3.75. The van der Waals surface area contributed by atoms with Gasteiger partial charge in [0, 0.05) is 6.20 Å². The highest BCUT2D eigenvalue weighted by Crippen LogP contribution is 2.30. The van der Waals surface area contributed by atoms with E-state index >= 15 is 0 Å². The number of hydrogen-bond donors (Lipinski definition) is 0. The van der Waals surface area contributed by atoms with Gasteiger partial charge in [0.2, 0.25) is 0 Å². The molecule has 4 nitrogen and oxygen atoms in total. The van der Waals surface area contributed by atoms with Crippen LogP contribution in [0, 0.1) is 19.7 Å². The van der Waals surface area contributed by atoms with Crippen molar-refractivity contribution >= 4 is 17.2 Å². The van der Waals surface area contributed by atoms with Crippen LogP contribution in [-0.4, -0.2) is 9.38 Å². The Balaban J connectivity index is 2.14. The Kier molecular flexibility index (Phi) is 3.94. The Morgan fingerprint density at radius 3 is 2.61 bits per heavy atom. The standard InChI is InChI=1S/C18H19FN4/c1-11(2)17-18(23-10-14(19)7-8-16(23)20-17)22-21-15-9-12(3)5-6-13(15)4/h5-11H,1-4H3. The summed E-state index contributed by atoms with van der Waals surface area (Å²) in [5.74, 6) is 0.425. The van der Waals surface area contributed by atoms with Crippen molar-refractivity contribution in [2.45, 2.75) is 33.6 Å². The zero-order valence-corrected chi connectivity index (χ0v) is 13.7. The lowest BCUT2D eigenvalue weighted by atomic mass is 10.1. The van der Waals surface area contributed by atoms with Crippen LogP contribution in [0.15, 0.2) is 46.8 Å². The van der Waals surface area contributed by atoms with Crippen molar-refractivity contribution in [1.82, 2.24) is 9.38 Å². The van der Waals surface area contributed by atoms with Gasteiger partial charge in [-0.2, -0.15) is 0 Å². The fourth-order valence-corrected chi connectivity index (χ4v) is 2.44. The van der Waals surface area contributed by atoms with Crippen LogP contribution in [0.1, 0.15) is 36.6 Å². The van der Waals surface area contributed by atoms with Crippen LogP contribution in [0.3, 0.4) is 0 Å². The van der Waals surface area contributed by atoms with E-state index in [1.54, 1.807) is 10.5 Å². The topological polar surface area (TPSA) is 42.0 Å². The van der Waals surface area contributed by atoms with Gasteiger partial charge in [0.25, 0.3) is 0 Å². The van der Waals surface area contributed by atoms with Crippen LogP contribution in [0.2, 0.25) is 0 Å². The fourth-order valence-electron chi connectivity index (χ4n) is 2.44. The van der Waals surface area contributed by atoms with Gasteiger partial charge in [0.05, 0.1) is 11.4 Å². The largest absolute Gasteiger partial charge is 0.280 e. The lowest BCUT2D eigenvalue weighted by molar-refractivity contribution is 0.619. The molecule has 1 aromatic carbocycles. The Morgan fingerprint density at radius 1 is 1.09 bits per heavy atom. The number of nitrogens with zero attached hydrogens (tertiary/aromatic N) is 4. The van der Waals surface area contributed by atoms with Crippen molar-refractivity contribution in [2.75, 3.05) is 0 Å². The number of hydrogen-bond acceptors (Lipinski definition) is 3. The number of halogens is 1. The first-order valence-corrected chi connectivity index (χ1v) is 7.62. The summed E-state index contributed by atoms with van der Waals surface area (Å²) in [6, 6.07) is 9.09. The van der Waals surface area contributed by atoms with Crippen molar-refractivity contribution in [3.05, 3.63) is 59.2 Å². The molecule has 0 unspecified atom stereocenters. The molecule has 3 aromatic rings. The number of aryl methyl sites for hydroxylation is 2. The van der Waals surface area contributed by atoms with Crippen LogP contribution in [-0.2, 0) is 0 Å². The molecule has 2 aromatic heterocycles. The minimum Gasteiger partial charge on any atom is -0.280 e. The van der Waals surface area contributed by atoms with Crippen LogP contribution in [0.25, 0.3) is 5.65 Å². The predicted octanol–water partition coefficient (Wildman–Crippen LogP) is 5.63. The average Bonchev–Trinajstić information content (AvgIpc) is 2.86. The second-order valence-corrected chi connectivity index (χ2v) is 6.04. The Labute approximate surface area is 134 Å². The first-order chi connectivity index (χ1) is 11.0. The van der Waals surface area contributed by atoms with Crippen LogP contribution in [0.4, 0.5) is 15.9 Å². The number of rotatable bonds is 3. The SMILES string of the molecule is Cc1ccc(C)c(N=Nc2c(C(C)C)nc3ccc(F)cn23)c1. The van der Waals surface area contributed by atoms with E-state index in [0.717, 1.165) is 22.5 Å². The van der Waals surface area contributed by atoms with Crippen molar-refractivity contribution < 1.29 is 4.39 Å². The normalized spacial score (nSPS) is 11.9. The van der Waals surface area contributed by atoms with Crippen molar-refractivity contribution in [3.8, 4) is 0 Å². The molecule has 0 atom stereocenters. The fraction of sp³-hybridized carbons (Fsp3) is 0.278. The summed E-state index contributed by atoms with van der Waals surface area (Å²) >= 11 is 0. The monoisotopic (exact) mass is 310 g/mol. The number of imidazole rings is 1. The van der Waals surface area contributed by atoms with Gasteiger partial charge >= 0.3 is 0 Å². The number of fused-ring (bicyclic) bond motifs is 1. The van der Waals surface area contributed by atoms with Gasteiger partial charge in [-0.05, 0) is 49.1 Å². The molecule has 0 spiro atoms. The number of pyridine rings is 1. The first-order valence-electron chi connectivity index (χ1n) is 7.62. The summed E-state index contributed by atoms with van der Waals surface area (Å²) < 4.78 is 15.2. The van der Waals surface area contributed by atoms with E-state index < -0.39 is 0 Å². The molecule has 3 rings (SSSR count). The highest BCUT2D eigenvalue weighted by Gasteiger charge is 2.15. The zero-order chi connectivity index (χ0) is 16.6. The van der Waals surface area contributed by atoms with Gasteiger partial charge in [-0.15, -0.1) is 10.2 Å². The van der Waals surface area contributed by atoms with Crippen molar-refractivity contribution in [3.63, 3.8) is 0 Å².